The molecule has 5 nitrogen and oxygen atoms in total. The number of para-hydroxylation sites is 1. The van der Waals surface area contributed by atoms with Crippen molar-refractivity contribution in [3.8, 4) is 17.1 Å². The van der Waals surface area contributed by atoms with Crippen molar-refractivity contribution in [1.29, 1.82) is 0 Å². The highest BCUT2D eigenvalue weighted by molar-refractivity contribution is 6.02. The van der Waals surface area contributed by atoms with E-state index in [1.807, 2.05) is 54.6 Å². The Hall–Kier alpha value is -4.38. The Balaban J connectivity index is 1.35. The fraction of sp³-hybridized carbons (Fsp3) is 0.103. The smallest absolute Gasteiger partial charge is 0.213 e. The predicted molar refractivity (Wildman–Crippen MR) is 131 cm³/mol. The quantitative estimate of drug-likeness (QED) is 0.310. The summed E-state index contributed by atoms with van der Waals surface area (Å²) in [7, 11) is 0. The topological polar surface area (TPSA) is 50.9 Å². The average Bonchev–Trinajstić information content (AvgIpc) is 3.54. The van der Waals surface area contributed by atoms with Crippen molar-refractivity contribution in [3.05, 3.63) is 120 Å². The van der Waals surface area contributed by atoms with Gasteiger partial charge in [-0.1, -0.05) is 90.1 Å². The Morgan fingerprint density at radius 1 is 0.765 bits per heavy atom. The first-order valence-electron chi connectivity index (χ1n) is 11.5. The van der Waals surface area contributed by atoms with E-state index >= 15 is 0 Å². The molecule has 0 saturated heterocycles. The average molecular weight is 444 g/mol. The SMILES string of the molecule is c1ccc(C2=NN3[C@H](C2)c2ccccc2O[C@H]3c2ccc3noc(-c4ccccc4)c3c2)cc1. The van der Waals surface area contributed by atoms with Crippen molar-refractivity contribution >= 4 is 16.6 Å². The summed E-state index contributed by atoms with van der Waals surface area (Å²) >= 11 is 0. The predicted octanol–water partition coefficient (Wildman–Crippen LogP) is 6.74. The second-order valence-corrected chi connectivity index (χ2v) is 8.67. The molecular weight excluding hydrogens is 422 g/mol. The summed E-state index contributed by atoms with van der Waals surface area (Å²) in [6.45, 7) is 0. The molecule has 0 spiro atoms. The van der Waals surface area contributed by atoms with E-state index in [0.29, 0.717) is 0 Å². The van der Waals surface area contributed by atoms with Crippen molar-refractivity contribution in [3.63, 3.8) is 0 Å². The highest BCUT2D eigenvalue weighted by Gasteiger charge is 2.41. The van der Waals surface area contributed by atoms with Crippen LogP contribution >= 0.6 is 0 Å². The monoisotopic (exact) mass is 443 g/mol. The van der Waals surface area contributed by atoms with Crippen LogP contribution < -0.4 is 4.74 Å². The number of ether oxygens (including phenoxy) is 1. The van der Waals surface area contributed by atoms with Crippen molar-refractivity contribution in [2.24, 2.45) is 5.10 Å². The molecule has 0 radical (unpaired) electrons. The molecule has 5 aromatic rings. The normalized spacial score (nSPS) is 18.8. The van der Waals surface area contributed by atoms with Gasteiger partial charge < -0.3 is 9.26 Å². The Kier molecular flexibility index (Phi) is 4.27. The van der Waals surface area contributed by atoms with Crippen LogP contribution in [0.1, 0.15) is 35.4 Å². The van der Waals surface area contributed by atoms with Gasteiger partial charge in [0.15, 0.2) is 5.76 Å². The molecule has 5 heteroatoms. The zero-order valence-corrected chi connectivity index (χ0v) is 18.3. The molecule has 34 heavy (non-hydrogen) atoms. The van der Waals surface area contributed by atoms with E-state index in [4.69, 9.17) is 14.4 Å². The molecule has 3 heterocycles. The molecule has 2 atom stereocenters. The zero-order chi connectivity index (χ0) is 22.5. The van der Waals surface area contributed by atoms with Gasteiger partial charge >= 0.3 is 0 Å². The molecule has 0 amide bonds. The van der Waals surface area contributed by atoms with Crippen LogP contribution in [0.2, 0.25) is 0 Å². The van der Waals surface area contributed by atoms with Gasteiger partial charge in [0, 0.05) is 23.1 Å². The number of fused-ring (bicyclic) bond motifs is 4. The molecule has 164 valence electrons. The summed E-state index contributed by atoms with van der Waals surface area (Å²) in [5.41, 5.74) is 6.24. The van der Waals surface area contributed by atoms with E-state index in [1.165, 1.54) is 5.56 Å². The summed E-state index contributed by atoms with van der Waals surface area (Å²) in [6, 6.07) is 35.0. The van der Waals surface area contributed by atoms with E-state index in [1.54, 1.807) is 0 Å². The van der Waals surface area contributed by atoms with Gasteiger partial charge in [-0.05, 0) is 23.8 Å². The van der Waals surface area contributed by atoms with Crippen molar-refractivity contribution in [1.82, 2.24) is 10.2 Å². The zero-order valence-electron chi connectivity index (χ0n) is 18.3. The molecule has 7 rings (SSSR count). The maximum atomic E-state index is 6.56. The van der Waals surface area contributed by atoms with Crippen LogP contribution in [-0.4, -0.2) is 15.9 Å². The van der Waals surface area contributed by atoms with E-state index in [0.717, 1.165) is 51.2 Å². The lowest BCUT2D eigenvalue weighted by atomic mass is 9.95. The van der Waals surface area contributed by atoms with E-state index in [2.05, 4.69) is 58.7 Å². The number of rotatable bonds is 3. The second-order valence-electron chi connectivity index (χ2n) is 8.67. The largest absolute Gasteiger partial charge is 0.464 e. The third-order valence-electron chi connectivity index (χ3n) is 6.63. The standard InChI is InChI=1S/C29H21N3O2/c1-3-9-19(10-4-1)25-18-26-22-13-7-8-14-27(22)33-29(32(26)30-25)21-15-16-24-23(17-21)28(34-31-24)20-11-5-2-6-12-20/h1-17,26,29H,18H2/t26-,29+/m1/s1. The molecule has 2 aliphatic heterocycles. The first kappa shape index (κ1) is 19.1. The van der Waals surface area contributed by atoms with Gasteiger partial charge in [-0.2, -0.15) is 5.10 Å². The minimum Gasteiger partial charge on any atom is -0.464 e. The first-order valence-corrected chi connectivity index (χ1v) is 11.5. The summed E-state index contributed by atoms with van der Waals surface area (Å²) in [5, 5.41) is 12.4. The van der Waals surface area contributed by atoms with Crippen LogP contribution in [0.15, 0.2) is 113 Å². The third-order valence-corrected chi connectivity index (χ3v) is 6.63. The Bertz CT molecular complexity index is 1530. The van der Waals surface area contributed by atoms with E-state index in [9.17, 15) is 0 Å². The van der Waals surface area contributed by atoms with Crippen LogP contribution in [0, 0.1) is 0 Å². The van der Waals surface area contributed by atoms with Crippen molar-refractivity contribution < 1.29 is 9.26 Å². The van der Waals surface area contributed by atoms with Crippen LogP contribution in [-0.2, 0) is 0 Å². The van der Waals surface area contributed by atoms with E-state index in [-0.39, 0.29) is 12.3 Å². The molecule has 0 unspecified atom stereocenters. The molecule has 0 aliphatic carbocycles. The minimum absolute atomic E-state index is 0.122. The van der Waals surface area contributed by atoms with Crippen LogP contribution in [0.5, 0.6) is 5.75 Å². The highest BCUT2D eigenvalue weighted by atomic mass is 16.5. The Labute approximate surface area is 196 Å². The Morgan fingerprint density at radius 3 is 2.32 bits per heavy atom. The number of aromatic nitrogens is 1. The van der Waals surface area contributed by atoms with Gasteiger partial charge in [-0.25, -0.2) is 5.01 Å². The Morgan fingerprint density at radius 2 is 1.50 bits per heavy atom. The molecule has 4 aromatic carbocycles. The van der Waals surface area contributed by atoms with Crippen molar-refractivity contribution in [2.75, 3.05) is 0 Å². The summed E-state index contributed by atoms with van der Waals surface area (Å²) in [6.07, 6.45) is 0.495. The molecule has 0 bridgehead atoms. The van der Waals surface area contributed by atoms with E-state index < -0.39 is 0 Å². The molecule has 0 fully saturated rings. The number of hydrogen-bond donors (Lipinski definition) is 0. The molecule has 1 aromatic heterocycles. The van der Waals surface area contributed by atoms with Gasteiger partial charge in [0.1, 0.15) is 11.3 Å². The summed E-state index contributed by atoms with van der Waals surface area (Å²) in [4.78, 5) is 0. The summed E-state index contributed by atoms with van der Waals surface area (Å²) in [5.74, 6) is 1.67. The lowest BCUT2D eigenvalue weighted by molar-refractivity contribution is -0.0189. The van der Waals surface area contributed by atoms with Crippen LogP contribution in [0.4, 0.5) is 0 Å². The lowest BCUT2D eigenvalue weighted by Gasteiger charge is -2.38. The van der Waals surface area contributed by atoms with Gasteiger partial charge in [-0.15, -0.1) is 0 Å². The minimum atomic E-state index is -0.343. The lowest BCUT2D eigenvalue weighted by Crippen LogP contribution is -2.33. The maximum absolute atomic E-state index is 6.56. The van der Waals surface area contributed by atoms with Crippen LogP contribution in [0.25, 0.3) is 22.2 Å². The van der Waals surface area contributed by atoms with Gasteiger partial charge in [0.2, 0.25) is 6.23 Å². The maximum Gasteiger partial charge on any atom is 0.213 e. The molecular formula is C29H21N3O2. The fourth-order valence-corrected chi connectivity index (χ4v) is 4.97. The van der Waals surface area contributed by atoms with Gasteiger partial charge in [-0.3, -0.25) is 0 Å². The number of hydrogen-bond acceptors (Lipinski definition) is 5. The fourth-order valence-electron chi connectivity index (χ4n) is 4.97. The number of benzene rings is 4. The molecule has 0 N–H and O–H groups in total. The van der Waals surface area contributed by atoms with Gasteiger partial charge in [0.05, 0.1) is 17.1 Å². The first-order chi connectivity index (χ1) is 16.8. The van der Waals surface area contributed by atoms with Crippen molar-refractivity contribution in [2.45, 2.75) is 18.7 Å². The summed E-state index contributed by atoms with van der Waals surface area (Å²) < 4.78 is 12.3. The molecule has 2 aliphatic rings. The van der Waals surface area contributed by atoms with Gasteiger partial charge in [0.25, 0.3) is 0 Å². The highest BCUT2D eigenvalue weighted by Crippen LogP contribution is 2.47. The van der Waals surface area contributed by atoms with Crippen LogP contribution in [0.3, 0.4) is 0 Å². The number of nitrogens with zero attached hydrogens (tertiary/aromatic N) is 3. The number of hydrazone groups is 1. The molecule has 0 saturated carbocycles. The third kappa shape index (κ3) is 3.01. The second kappa shape index (κ2) is 7.59.